The van der Waals surface area contributed by atoms with Crippen molar-refractivity contribution < 1.29 is 14.6 Å². The highest BCUT2D eigenvalue weighted by atomic mass is 16.5. The van der Waals surface area contributed by atoms with Crippen LogP contribution in [0.5, 0.6) is 5.88 Å². The van der Waals surface area contributed by atoms with Gasteiger partial charge in [0.25, 0.3) is 5.91 Å². The van der Waals surface area contributed by atoms with Gasteiger partial charge in [0.15, 0.2) is 0 Å². The fourth-order valence-electron chi connectivity index (χ4n) is 3.43. The molecular weight excluding hydrogens is 294 g/mol. The number of pyridine rings is 1. The lowest BCUT2D eigenvalue weighted by atomic mass is 10.1. The van der Waals surface area contributed by atoms with Crippen LogP contribution in [-0.2, 0) is 13.1 Å². The quantitative estimate of drug-likeness (QED) is 0.830. The van der Waals surface area contributed by atoms with E-state index in [0.717, 1.165) is 24.1 Å². The van der Waals surface area contributed by atoms with Crippen molar-refractivity contribution in [2.24, 2.45) is 0 Å². The Morgan fingerprint density at radius 2 is 2.22 bits per heavy atom. The summed E-state index contributed by atoms with van der Waals surface area (Å²) in [5, 5.41) is 12.3. The molecule has 2 heterocycles. The number of hydrogen-bond donors (Lipinski definition) is 2. The molecule has 1 amide bonds. The first kappa shape index (κ1) is 16.2. The molecule has 0 aromatic carbocycles. The number of ether oxygens (including phenoxy) is 1. The number of nitrogens with one attached hydrogen (secondary N) is 1. The van der Waals surface area contributed by atoms with E-state index in [0.29, 0.717) is 30.6 Å². The van der Waals surface area contributed by atoms with Crippen LogP contribution in [0.15, 0.2) is 6.07 Å². The maximum atomic E-state index is 12.7. The number of carbonyl (C=O) groups is 1. The summed E-state index contributed by atoms with van der Waals surface area (Å²) in [4.78, 5) is 19.2. The van der Waals surface area contributed by atoms with Gasteiger partial charge in [-0.15, -0.1) is 0 Å². The maximum Gasteiger partial charge on any atom is 0.256 e. The number of methoxy groups -OCH3 is 1. The number of carbonyl (C=O) groups excluding carboxylic acids is 1. The molecule has 1 aliphatic carbocycles. The fourth-order valence-corrected chi connectivity index (χ4v) is 3.43. The third-order valence-electron chi connectivity index (χ3n) is 4.83. The van der Waals surface area contributed by atoms with Gasteiger partial charge >= 0.3 is 0 Å². The number of amides is 1. The Labute approximate surface area is 136 Å². The van der Waals surface area contributed by atoms with Crippen LogP contribution in [0.4, 0.5) is 0 Å². The first-order valence-corrected chi connectivity index (χ1v) is 8.36. The number of fused-ring (bicyclic) bond motifs is 1. The van der Waals surface area contributed by atoms with E-state index in [1.165, 1.54) is 12.8 Å². The smallest absolute Gasteiger partial charge is 0.256 e. The molecule has 2 aliphatic rings. The van der Waals surface area contributed by atoms with Gasteiger partial charge in [0.2, 0.25) is 5.88 Å². The molecule has 1 atom stereocenters. The molecule has 126 valence electrons. The zero-order valence-electron chi connectivity index (χ0n) is 13.8. The van der Waals surface area contributed by atoms with Crippen molar-refractivity contribution in [3.8, 4) is 5.88 Å². The van der Waals surface area contributed by atoms with Gasteiger partial charge in [0.1, 0.15) is 0 Å². The second-order valence-electron chi connectivity index (χ2n) is 6.49. The van der Waals surface area contributed by atoms with Crippen molar-refractivity contribution in [3.05, 3.63) is 22.9 Å². The zero-order valence-corrected chi connectivity index (χ0v) is 13.8. The lowest BCUT2D eigenvalue weighted by molar-refractivity contribution is 0.0706. The molecule has 1 saturated carbocycles. The van der Waals surface area contributed by atoms with Crippen LogP contribution < -0.4 is 10.1 Å². The van der Waals surface area contributed by atoms with Crippen molar-refractivity contribution in [1.29, 1.82) is 0 Å². The minimum absolute atomic E-state index is 0.0151. The number of aliphatic hydroxyl groups excluding tert-OH is 1. The predicted molar refractivity (Wildman–Crippen MR) is 86.3 cm³/mol. The molecule has 1 aromatic rings. The number of rotatable bonds is 6. The predicted octanol–water partition coefficient (Wildman–Crippen LogP) is 1.46. The summed E-state index contributed by atoms with van der Waals surface area (Å²) in [5.74, 6) is 0.654. The summed E-state index contributed by atoms with van der Waals surface area (Å²) >= 11 is 0. The summed E-state index contributed by atoms with van der Waals surface area (Å²) in [7, 11) is 1.60. The Hall–Kier alpha value is -1.66. The molecule has 3 rings (SSSR count). The van der Waals surface area contributed by atoms with Gasteiger partial charge in [0, 0.05) is 24.2 Å². The van der Waals surface area contributed by atoms with Crippen molar-refractivity contribution in [2.45, 2.75) is 57.8 Å². The molecule has 0 saturated heterocycles. The van der Waals surface area contributed by atoms with Crippen LogP contribution in [0.2, 0.25) is 0 Å². The van der Waals surface area contributed by atoms with E-state index in [2.05, 4.69) is 10.3 Å². The average Bonchev–Trinajstić information content (AvgIpc) is 3.20. The number of hydrogen-bond acceptors (Lipinski definition) is 5. The molecule has 2 N–H and O–H groups in total. The Morgan fingerprint density at radius 1 is 1.48 bits per heavy atom. The van der Waals surface area contributed by atoms with E-state index < -0.39 is 0 Å². The van der Waals surface area contributed by atoms with Crippen LogP contribution >= 0.6 is 0 Å². The second-order valence-corrected chi connectivity index (χ2v) is 6.49. The molecule has 23 heavy (non-hydrogen) atoms. The van der Waals surface area contributed by atoms with Crippen LogP contribution in [0, 0.1) is 0 Å². The normalized spacial score (nSPS) is 19.3. The topological polar surface area (TPSA) is 74.7 Å². The highest BCUT2D eigenvalue weighted by molar-refractivity contribution is 5.98. The summed E-state index contributed by atoms with van der Waals surface area (Å²) in [6.07, 6.45) is 4.60. The standard InChI is InChI=1S/C17H25N3O3/c1-11(10-21)18-8-12-7-14-15(19-16(12)23-2)9-20(17(14)22)13-5-3-4-6-13/h7,11,13,18,21H,3-6,8-10H2,1-2H3. The Bertz CT molecular complexity index is 585. The van der Waals surface area contributed by atoms with Gasteiger partial charge in [-0.25, -0.2) is 4.98 Å². The van der Waals surface area contributed by atoms with Gasteiger partial charge in [0.05, 0.1) is 31.5 Å². The molecule has 6 nitrogen and oxygen atoms in total. The van der Waals surface area contributed by atoms with Gasteiger partial charge in [-0.05, 0) is 25.8 Å². The minimum atomic E-state index is -0.0151. The van der Waals surface area contributed by atoms with Crippen molar-refractivity contribution in [2.75, 3.05) is 13.7 Å². The number of aliphatic hydroxyl groups is 1. The maximum absolute atomic E-state index is 12.7. The average molecular weight is 319 g/mol. The SMILES string of the molecule is COc1nc2c(cc1CNC(C)CO)C(=O)N(C1CCCC1)C2. The van der Waals surface area contributed by atoms with Crippen LogP contribution in [0.1, 0.15) is 54.2 Å². The third kappa shape index (κ3) is 3.19. The number of nitrogens with zero attached hydrogens (tertiary/aromatic N) is 2. The Morgan fingerprint density at radius 3 is 2.87 bits per heavy atom. The zero-order chi connectivity index (χ0) is 16.4. The van der Waals surface area contributed by atoms with Gasteiger partial charge < -0.3 is 20.1 Å². The molecular formula is C17H25N3O3. The largest absolute Gasteiger partial charge is 0.481 e. The van der Waals surface area contributed by atoms with E-state index >= 15 is 0 Å². The molecule has 6 heteroatoms. The van der Waals surface area contributed by atoms with Crippen LogP contribution in [-0.4, -0.2) is 46.7 Å². The molecule has 1 fully saturated rings. The summed E-state index contributed by atoms with van der Waals surface area (Å²) in [6, 6.07) is 2.24. The lowest BCUT2D eigenvalue weighted by Crippen LogP contribution is -2.33. The van der Waals surface area contributed by atoms with Gasteiger partial charge in [-0.3, -0.25) is 4.79 Å². The van der Waals surface area contributed by atoms with Crippen LogP contribution in [0.3, 0.4) is 0 Å². The van der Waals surface area contributed by atoms with Crippen molar-refractivity contribution in [1.82, 2.24) is 15.2 Å². The summed E-state index contributed by atoms with van der Waals surface area (Å²) < 4.78 is 5.39. The van der Waals surface area contributed by atoms with E-state index in [4.69, 9.17) is 9.84 Å². The summed E-state index contributed by atoms with van der Waals surface area (Å²) in [5.41, 5.74) is 2.37. The van der Waals surface area contributed by atoms with E-state index in [9.17, 15) is 4.79 Å². The molecule has 1 unspecified atom stereocenters. The number of aromatic nitrogens is 1. The fraction of sp³-hybridized carbons (Fsp3) is 0.647. The van der Waals surface area contributed by atoms with E-state index in [1.54, 1.807) is 7.11 Å². The molecule has 0 radical (unpaired) electrons. The monoisotopic (exact) mass is 319 g/mol. The first-order valence-electron chi connectivity index (χ1n) is 8.36. The van der Waals surface area contributed by atoms with Crippen molar-refractivity contribution >= 4 is 5.91 Å². The second kappa shape index (κ2) is 6.84. The molecule has 0 spiro atoms. The highest BCUT2D eigenvalue weighted by Gasteiger charge is 2.35. The lowest BCUT2D eigenvalue weighted by Gasteiger charge is -2.22. The third-order valence-corrected chi connectivity index (χ3v) is 4.83. The Kier molecular flexibility index (Phi) is 4.82. The van der Waals surface area contributed by atoms with Crippen LogP contribution in [0.25, 0.3) is 0 Å². The van der Waals surface area contributed by atoms with Gasteiger partial charge in [-0.2, -0.15) is 0 Å². The van der Waals surface area contributed by atoms with Gasteiger partial charge in [-0.1, -0.05) is 12.8 Å². The highest BCUT2D eigenvalue weighted by Crippen LogP contribution is 2.33. The molecule has 0 bridgehead atoms. The molecule has 1 aromatic heterocycles. The van der Waals surface area contributed by atoms with Crippen molar-refractivity contribution in [3.63, 3.8) is 0 Å². The summed E-state index contributed by atoms with van der Waals surface area (Å²) in [6.45, 7) is 3.08. The Balaban J connectivity index is 1.82. The van der Waals surface area contributed by atoms with E-state index in [-0.39, 0.29) is 18.6 Å². The minimum Gasteiger partial charge on any atom is -0.481 e. The first-order chi connectivity index (χ1) is 11.1. The molecule has 1 aliphatic heterocycles. The van der Waals surface area contributed by atoms with E-state index in [1.807, 2.05) is 17.9 Å².